The lowest BCUT2D eigenvalue weighted by Gasteiger charge is -2.26. The highest BCUT2D eigenvalue weighted by molar-refractivity contribution is 5.30. The van der Waals surface area contributed by atoms with Gasteiger partial charge in [-0.3, -0.25) is 0 Å². The summed E-state index contributed by atoms with van der Waals surface area (Å²) in [6.07, 6.45) is 3.61. The topological polar surface area (TPSA) is 47.5 Å². The lowest BCUT2D eigenvalue weighted by molar-refractivity contribution is 0.122. The molecule has 0 unspecified atom stereocenters. The smallest absolute Gasteiger partial charge is 0.225 e. The summed E-state index contributed by atoms with van der Waals surface area (Å²) in [4.78, 5) is 10.7. The highest BCUT2D eigenvalue weighted by Gasteiger charge is 2.12. The Morgan fingerprint density at radius 2 is 2.00 bits per heavy atom. The van der Waals surface area contributed by atoms with E-state index in [0.717, 1.165) is 37.8 Å². The van der Waals surface area contributed by atoms with Crippen LogP contribution in [0.3, 0.4) is 0 Å². The molecule has 0 aliphatic carbocycles. The van der Waals surface area contributed by atoms with Crippen molar-refractivity contribution in [3.8, 4) is 0 Å². The molecule has 0 aromatic carbocycles. The van der Waals surface area contributed by atoms with Gasteiger partial charge in [-0.1, -0.05) is 0 Å². The van der Waals surface area contributed by atoms with Crippen LogP contribution in [0.5, 0.6) is 0 Å². The Morgan fingerprint density at radius 3 is 2.60 bits per heavy atom. The van der Waals surface area contributed by atoms with Gasteiger partial charge in [0.2, 0.25) is 5.95 Å². The Bertz CT molecular complexity index is 296. The summed E-state index contributed by atoms with van der Waals surface area (Å²) in [5.41, 5.74) is 0.995. The second kappa shape index (κ2) is 5.04. The van der Waals surface area contributed by atoms with E-state index in [9.17, 15) is 0 Å². The summed E-state index contributed by atoms with van der Waals surface area (Å²) in [5.74, 6) is 0.776. The van der Waals surface area contributed by atoms with E-state index in [2.05, 4.69) is 14.9 Å². The molecule has 1 aromatic rings. The van der Waals surface area contributed by atoms with Crippen LogP contribution in [0.1, 0.15) is 5.56 Å². The van der Waals surface area contributed by atoms with Gasteiger partial charge in [-0.2, -0.15) is 0 Å². The summed E-state index contributed by atoms with van der Waals surface area (Å²) in [6.45, 7) is 3.79. The van der Waals surface area contributed by atoms with E-state index in [4.69, 9.17) is 9.47 Å². The molecule has 1 fully saturated rings. The highest BCUT2D eigenvalue weighted by atomic mass is 16.5. The summed E-state index contributed by atoms with van der Waals surface area (Å²) < 4.78 is 10.3. The van der Waals surface area contributed by atoms with Gasteiger partial charge in [0, 0.05) is 38.2 Å². The summed E-state index contributed by atoms with van der Waals surface area (Å²) in [5, 5.41) is 0. The molecular weight excluding hydrogens is 194 g/mol. The minimum atomic E-state index is 0.559. The van der Waals surface area contributed by atoms with Gasteiger partial charge in [0.1, 0.15) is 0 Å². The van der Waals surface area contributed by atoms with Crippen molar-refractivity contribution in [3.63, 3.8) is 0 Å². The highest BCUT2D eigenvalue weighted by Crippen LogP contribution is 2.09. The fourth-order valence-electron chi connectivity index (χ4n) is 1.52. The molecule has 5 heteroatoms. The molecule has 1 aliphatic rings. The van der Waals surface area contributed by atoms with Crippen LogP contribution in [0.25, 0.3) is 0 Å². The summed E-state index contributed by atoms with van der Waals surface area (Å²) in [7, 11) is 1.66. The lowest BCUT2D eigenvalue weighted by Crippen LogP contribution is -2.37. The number of morpholine rings is 1. The van der Waals surface area contributed by atoms with Gasteiger partial charge in [0.05, 0.1) is 19.8 Å². The monoisotopic (exact) mass is 209 g/mol. The van der Waals surface area contributed by atoms with E-state index in [0.29, 0.717) is 6.61 Å². The van der Waals surface area contributed by atoms with Crippen molar-refractivity contribution in [2.24, 2.45) is 0 Å². The van der Waals surface area contributed by atoms with Gasteiger partial charge >= 0.3 is 0 Å². The number of ether oxygens (including phenoxy) is 2. The third kappa shape index (κ3) is 2.64. The van der Waals surface area contributed by atoms with Crippen LogP contribution in [-0.4, -0.2) is 43.4 Å². The van der Waals surface area contributed by atoms with E-state index in [1.807, 2.05) is 0 Å². The molecule has 1 aliphatic heterocycles. The Balaban J connectivity index is 2.02. The molecular formula is C10H15N3O2. The quantitative estimate of drug-likeness (QED) is 0.723. The zero-order valence-electron chi connectivity index (χ0n) is 8.85. The molecule has 15 heavy (non-hydrogen) atoms. The molecule has 2 rings (SSSR count). The SMILES string of the molecule is COCc1cnc(N2CCOCC2)nc1. The summed E-state index contributed by atoms with van der Waals surface area (Å²) >= 11 is 0. The molecule has 0 N–H and O–H groups in total. The minimum absolute atomic E-state index is 0.559. The van der Waals surface area contributed by atoms with E-state index in [-0.39, 0.29) is 0 Å². The lowest BCUT2D eigenvalue weighted by atomic mass is 10.4. The van der Waals surface area contributed by atoms with Crippen LogP contribution in [0.2, 0.25) is 0 Å². The van der Waals surface area contributed by atoms with Crippen molar-refractivity contribution in [2.75, 3.05) is 38.3 Å². The maximum atomic E-state index is 5.27. The first kappa shape index (κ1) is 10.3. The first-order chi connectivity index (χ1) is 7.40. The fraction of sp³-hybridized carbons (Fsp3) is 0.600. The fourth-order valence-corrected chi connectivity index (χ4v) is 1.52. The van der Waals surface area contributed by atoms with Crippen molar-refractivity contribution in [2.45, 2.75) is 6.61 Å². The van der Waals surface area contributed by atoms with Crippen LogP contribution in [0.15, 0.2) is 12.4 Å². The van der Waals surface area contributed by atoms with Crippen molar-refractivity contribution < 1.29 is 9.47 Å². The predicted molar refractivity (Wildman–Crippen MR) is 55.8 cm³/mol. The van der Waals surface area contributed by atoms with E-state index in [1.54, 1.807) is 19.5 Å². The molecule has 0 bridgehead atoms. The normalized spacial score (nSPS) is 16.7. The molecule has 2 heterocycles. The number of nitrogens with zero attached hydrogens (tertiary/aromatic N) is 3. The standard InChI is InChI=1S/C10H15N3O2/c1-14-8-9-6-11-10(12-7-9)13-2-4-15-5-3-13/h6-7H,2-5,8H2,1H3. The van der Waals surface area contributed by atoms with Crippen LogP contribution in [-0.2, 0) is 16.1 Å². The number of rotatable bonds is 3. The Kier molecular flexibility index (Phi) is 3.47. The molecule has 1 saturated heterocycles. The summed E-state index contributed by atoms with van der Waals surface area (Å²) in [6, 6.07) is 0. The number of methoxy groups -OCH3 is 1. The van der Waals surface area contributed by atoms with Crippen molar-refractivity contribution in [1.29, 1.82) is 0 Å². The van der Waals surface area contributed by atoms with Crippen molar-refractivity contribution >= 4 is 5.95 Å². The van der Waals surface area contributed by atoms with Gasteiger partial charge < -0.3 is 14.4 Å². The Hall–Kier alpha value is -1.20. The molecule has 5 nitrogen and oxygen atoms in total. The number of hydrogen-bond acceptors (Lipinski definition) is 5. The molecule has 0 atom stereocenters. The van der Waals surface area contributed by atoms with E-state index < -0.39 is 0 Å². The van der Waals surface area contributed by atoms with Gasteiger partial charge in [-0.05, 0) is 0 Å². The van der Waals surface area contributed by atoms with Crippen molar-refractivity contribution in [1.82, 2.24) is 9.97 Å². The largest absolute Gasteiger partial charge is 0.380 e. The van der Waals surface area contributed by atoms with Crippen LogP contribution < -0.4 is 4.90 Å². The zero-order chi connectivity index (χ0) is 10.5. The third-order valence-corrected chi connectivity index (χ3v) is 2.30. The van der Waals surface area contributed by atoms with Crippen LogP contribution in [0.4, 0.5) is 5.95 Å². The Morgan fingerprint density at radius 1 is 1.33 bits per heavy atom. The van der Waals surface area contributed by atoms with Gasteiger partial charge in [-0.15, -0.1) is 0 Å². The predicted octanol–water partition coefficient (Wildman–Crippen LogP) is 0.460. The van der Waals surface area contributed by atoms with Gasteiger partial charge in [0.25, 0.3) is 0 Å². The molecule has 0 amide bonds. The number of aromatic nitrogens is 2. The first-order valence-electron chi connectivity index (χ1n) is 5.02. The second-order valence-corrected chi connectivity index (χ2v) is 3.42. The molecule has 1 aromatic heterocycles. The molecule has 82 valence electrons. The van der Waals surface area contributed by atoms with E-state index >= 15 is 0 Å². The minimum Gasteiger partial charge on any atom is -0.380 e. The Labute approximate surface area is 89.0 Å². The molecule has 0 spiro atoms. The van der Waals surface area contributed by atoms with Gasteiger partial charge in [-0.25, -0.2) is 9.97 Å². The van der Waals surface area contributed by atoms with Crippen LogP contribution >= 0.6 is 0 Å². The second-order valence-electron chi connectivity index (χ2n) is 3.42. The third-order valence-electron chi connectivity index (χ3n) is 2.30. The van der Waals surface area contributed by atoms with Crippen molar-refractivity contribution in [3.05, 3.63) is 18.0 Å². The average molecular weight is 209 g/mol. The molecule has 0 saturated carbocycles. The average Bonchev–Trinajstić information content (AvgIpc) is 2.32. The molecule has 0 radical (unpaired) electrons. The van der Waals surface area contributed by atoms with E-state index in [1.165, 1.54) is 0 Å². The van der Waals surface area contributed by atoms with Gasteiger partial charge in [0.15, 0.2) is 0 Å². The maximum Gasteiger partial charge on any atom is 0.225 e. The number of hydrogen-bond donors (Lipinski definition) is 0. The zero-order valence-corrected chi connectivity index (χ0v) is 8.85. The maximum absolute atomic E-state index is 5.27. The number of anilines is 1. The first-order valence-corrected chi connectivity index (χ1v) is 5.02. The van der Waals surface area contributed by atoms with Crippen LogP contribution in [0, 0.1) is 0 Å².